The number of rotatable bonds is 5. The highest BCUT2D eigenvalue weighted by Gasteiger charge is 2.20. The lowest BCUT2D eigenvalue weighted by Crippen LogP contribution is -2.33. The minimum absolute atomic E-state index is 0.628. The van der Waals surface area contributed by atoms with E-state index in [1.807, 2.05) is 6.92 Å². The Morgan fingerprint density at radius 1 is 1.32 bits per heavy atom. The molecule has 0 saturated heterocycles. The van der Waals surface area contributed by atoms with Crippen LogP contribution in [0, 0.1) is 6.92 Å². The third-order valence-electron chi connectivity index (χ3n) is 4.26. The number of anilines is 1. The lowest BCUT2D eigenvalue weighted by Gasteiger charge is -2.26. The van der Waals surface area contributed by atoms with Crippen molar-refractivity contribution in [2.75, 3.05) is 11.9 Å². The largest absolute Gasteiger partial charge is 0.363 e. The molecular formula is C16H19ClN8. The number of fused-ring (bicyclic) bond motifs is 1. The highest BCUT2D eigenvalue weighted by atomic mass is 35.5. The third-order valence-corrected chi connectivity index (χ3v) is 4.76. The van der Waals surface area contributed by atoms with E-state index in [4.69, 9.17) is 11.6 Å². The molecular weight excluding hydrogens is 340 g/mol. The van der Waals surface area contributed by atoms with Crippen LogP contribution in [-0.2, 0) is 26.2 Å². The molecule has 9 heteroatoms. The average Bonchev–Trinajstić information content (AvgIpc) is 3.18. The number of hydrogen-bond donors (Lipinski definition) is 2. The lowest BCUT2D eigenvalue weighted by molar-refractivity contribution is 0.203. The second-order valence-electron chi connectivity index (χ2n) is 6.11. The Labute approximate surface area is 150 Å². The van der Waals surface area contributed by atoms with Gasteiger partial charge in [0, 0.05) is 32.0 Å². The van der Waals surface area contributed by atoms with E-state index in [0.717, 1.165) is 54.1 Å². The summed E-state index contributed by atoms with van der Waals surface area (Å²) in [6.07, 6.45) is 5.02. The minimum Gasteiger partial charge on any atom is -0.363 e. The van der Waals surface area contributed by atoms with Crippen LogP contribution in [0.2, 0.25) is 5.02 Å². The van der Waals surface area contributed by atoms with Gasteiger partial charge in [0.25, 0.3) is 0 Å². The monoisotopic (exact) mass is 358 g/mol. The molecule has 4 heterocycles. The van der Waals surface area contributed by atoms with E-state index in [2.05, 4.69) is 46.2 Å². The molecule has 3 aromatic rings. The van der Waals surface area contributed by atoms with E-state index in [1.165, 1.54) is 5.69 Å². The normalized spacial score (nSPS) is 14.5. The number of aryl methyl sites for hydroxylation is 1. The molecule has 2 N–H and O–H groups in total. The Bertz CT molecular complexity index is 856. The van der Waals surface area contributed by atoms with Crippen molar-refractivity contribution in [3.8, 4) is 0 Å². The molecule has 3 aromatic heterocycles. The van der Waals surface area contributed by atoms with Gasteiger partial charge < -0.3 is 5.32 Å². The highest BCUT2D eigenvalue weighted by molar-refractivity contribution is 6.31. The van der Waals surface area contributed by atoms with Crippen molar-refractivity contribution in [1.29, 1.82) is 0 Å². The molecule has 0 unspecified atom stereocenters. The summed E-state index contributed by atoms with van der Waals surface area (Å²) < 4.78 is 2.07. The molecule has 1 aliphatic rings. The van der Waals surface area contributed by atoms with Gasteiger partial charge in [-0.1, -0.05) is 11.6 Å². The number of nitrogens with zero attached hydrogens (tertiary/aromatic N) is 6. The van der Waals surface area contributed by atoms with Gasteiger partial charge in [0.1, 0.15) is 5.82 Å². The molecule has 1 aliphatic heterocycles. The van der Waals surface area contributed by atoms with E-state index in [1.54, 1.807) is 18.6 Å². The number of nitrogens with one attached hydrogen (secondary N) is 2. The summed E-state index contributed by atoms with van der Waals surface area (Å²) in [5.74, 6) is 0.749. The third kappa shape index (κ3) is 3.49. The van der Waals surface area contributed by atoms with Gasteiger partial charge in [0.15, 0.2) is 0 Å². The number of aromatic nitrogens is 6. The van der Waals surface area contributed by atoms with E-state index >= 15 is 0 Å². The summed E-state index contributed by atoms with van der Waals surface area (Å²) in [4.78, 5) is 10.6. The van der Waals surface area contributed by atoms with Crippen molar-refractivity contribution in [2.45, 2.75) is 33.1 Å². The molecule has 0 aromatic carbocycles. The van der Waals surface area contributed by atoms with Gasteiger partial charge in [0.05, 0.1) is 47.1 Å². The maximum absolute atomic E-state index is 6.27. The van der Waals surface area contributed by atoms with Crippen LogP contribution in [-0.4, -0.2) is 41.4 Å². The van der Waals surface area contributed by atoms with Gasteiger partial charge >= 0.3 is 0 Å². The van der Waals surface area contributed by atoms with E-state index in [9.17, 15) is 0 Å². The van der Waals surface area contributed by atoms with Crippen LogP contribution in [0.25, 0.3) is 0 Å². The van der Waals surface area contributed by atoms with E-state index in [0.29, 0.717) is 6.54 Å². The van der Waals surface area contributed by atoms with Crippen molar-refractivity contribution < 1.29 is 0 Å². The molecule has 8 nitrogen and oxygen atoms in total. The second-order valence-corrected chi connectivity index (χ2v) is 6.49. The quantitative estimate of drug-likeness (QED) is 0.725. The Hall–Kier alpha value is -2.45. The Balaban J connectivity index is 1.40. The van der Waals surface area contributed by atoms with E-state index < -0.39 is 0 Å². The maximum Gasteiger partial charge on any atom is 0.144 e. The zero-order chi connectivity index (χ0) is 17.2. The van der Waals surface area contributed by atoms with Gasteiger partial charge in [0.2, 0.25) is 0 Å². The molecule has 0 saturated carbocycles. The van der Waals surface area contributed by atoms with Crippen LogP contribution in [0.15, 0.2) is 24.7 Å². The van der Waals surface area contributed by atoms with Crippen LogP contribution >= 0.6 is 11.6 Å². The van der Waals surface area contributed by atoms with Gasteiger partial charge in [-0.25, -0.2) is 4.98 Å². The second kappa shape index (κ2) is 6.81. The predicted molar refractivity (Wildman–Crippen MR) is 94.0 cm³/mol. The van der Waals surface area contributed by atoms with Crippen LogP contribution in [0.1, 0.15) is 22.8 Å². The Morgan fingerprint density at radius 3 is 3.00 bits per heavy atom. The topological polar surface area (TPSA) is 87.5 Å². The molecule has 0 bridgehead atoms. The van der Waals surface area contributed by atoms with Gasteiger partial charge in [-0.2, -0.15) is 10.2 Å². The Kier molecular flexibility index (Phi) is 4.37. The zero-order valence-electron chi connectivity index (χ0n) is 13.9. The Morgan fingerprint density at radius 2 is 2.24 bits per heavy atom. The molecule has 0 radical (unpaired) electrons. The minimum atomic E-state index is 0.628. The fourth-order valence-electron chi connectivity index (χ4n) is 2.96. The first kappa shape index (κ1) is 16.0. The highest BCUT2D eigenvalue weighted by Crippen LogP contribution is 2.21. The fraction of sp³-hybridized carbons (Fsp3) is 0.375. The zero-order valence-corrected chi connectivity index (χ0v) is 14.7. The molecule has 0 aliphatic carbocycles. The summed E-state index contributed by atoms with van der Waals surface area (Å²) in [5, 5.41) is 15.9. The number of hydrogen-bond acceptors (Lipinski definition) is 6. The van der Waals surface area contributed by atoms with Crippen molar-refractivity contribution >= 4 is 17.4 Å². The van der Waals surface area contributed by atoms with Crippen molar-refractivity contribution in [3.05, 3.63) is 52.5 Å². The standard InChI is InChI=1S/C16H19ClN8/c1-11-16(17)14(22-21-11)10-24-4-5-25-13(9-24)6-12(23-25)7-20-15-8-18-2-3-19-15/h2-3,6,8H,4-5,7,9-10H2,1H3,(H,19,20)(H,21,22). The molecule has 0 atom stereocenters. The first-order chi connectivity index (χ1) is 12.2. The number of aromatic amines is 1. The SMILES string of the molecule is Cc1[nH]nc(CN2CCn3nc(CNc4cnccn4)cc3C2)c1Cl. The number of halogens is 1. The smallest absolute Gasteiger partial charge is 0.144 e. The predicted octanol–water partition coefficient (Wildman–Crippen LogP) is 1.99. The molecule has 4 rings (SSSR count). The van der Waals surface area contributed by atoms with Crippen LogP contribution in [0.4, 0.5) is 5.82 Å². The fourth-order valence-corrected chi connectivity index (χ4v) is 3.10. The van der Waals surface area contributed by atoms with Crippen LogP contribution < -0.4 is 5.32 Å². The summed E-state index contributed by atoms with van der Waals surface area (Å²) in [6.45, 7) is 5.92. The first-order valence-corrected chi connectivity index (χ1v) is 8.54. The molecule has 0 fully saturated rings. The summed E-state index contributed by atoms with van der Waals surface area (Å²) in [7, 11) is 0. The molecule has 0 spiro atoms. The summed E-state index contributed by atoms with van der Waals surface area (Å²) in [6, 6.07) is 2.13. The van der Waals surface area contributed by atoms with Crippen LogP contribution in [0.5, 0.6) is 0 Å². The van der Waals surface area contributed by atoms with Gasteiger partial charge in [-0.15, -0.1) is 0 Å². The van der Waals surface area contributed by atoms with Gasteiger partial charge in [-0.3, -0.25) is 19.7 Å². The van der Waals surface area contributed by atoms with E-state index in [-0.39, 0.29) is 0 Å². The van der Waals surface area contributed by atoms with Gasteiger partial charge in [-0.05, 0) is 13.0 Å². The maximum atomic E-state index is 6.27. The first-order valence-electron chi connectivity index (χ1n) is 8.16. The van der Waals surface area contributed by atoms with Crippen molar-refractivity contribution in [2.24, 2.45) is 0 Å². The lowest BCUT2D eigenvalue weighted by atomic mass is 10.2. The van der Waals surface area contributed by atoms with Crippen molar-refractivity contribution in [3.63, 3.8) is 0 Å². The molecule has 130 valence electrons. The summed E-state index contributed by atoms with van der Waals surface area (Å²) >= 11 is 6.27. The summed E-state index contributed by atoms with van der Waals surface area (Å²) in [5.41, 5.74) is 4.01. The average molecular weight is 359 g/mol. The molecule has 0 amide bonds. The van der Waals surface area contributed by atoms with Crippen molar-refractivity contribution in [1.82, 2.24) is 34.8 Å². The molecule has 25 heavy (non-hydrogen) atoms. The number of H-pyrrole nitrogens is 1. The van der Waals surface area contributed by atoms with Crippen LogP contribution in [0.3, 0.4) is 0 Å².